The smallest absolute Gasteiger partial charge is 0.126 e. The predicted molar refractivity (Wildman–Crippen MR) is 207 cm³/mol. The van der Waals surface area contributed by atoms with Gasteiger partial charge in [0.15, 0.2) is 0 Å². The molecule has 4 heteroatoms. The van der Waals surface area contributed by atoms with Crippen LogP contribution in [-0.4, -0.2) is 38.6 Å². The van der Waals surface area contributed by atoms with E-state index < -0.39 is 0 Å². The number of epoxide rings is 2. The van der Waals surface area contributed by atoms with Crippen LogP contribution in [0.5, 0.6) is 11.5 Å². The maximum absolute atomic E-state index is 6.79. The highest BCUT2D eigenvalue weighted by atomic mass is 16.6. The quantitative estimate of drug-likeness (QED) is 0.131. The summed E-state index contributed by atoms with van der Waals surface area (Å²) in [5.41, 5.74) is 7.73. The minimum Gasteiger partial charge on any atom is -0.493 e. The molecule has 2 aromatic rings. The molecule has 2 aliphatic rings. The molecule has 4 nitrogen and oxygen atoms in total. The summed E-state index contributed by atoms with van der Waals surface area (Å²) in [7, 11) is 0. The Hall–Kier alpha value is -2.04. The van der Waals surface area contributed by atoms with Gasteiger partial charge in [-0.25, -0.2) is 0 Å². The first kappa shape index (κ1) is 39.7. The highest BCUT2D eigenvalue weighted by Crippen LogP contribution is 2.44. The molecule has 0 bridgehead atoms. The second kappa shape index (κ2) is 15.7. The van der Waals surface area contributed by atoms with Gasteiger partial charge >= 0.3 is 0 Å². The molecule has 4 atom stereocenters. The molecule has 4 unspecified atom stereocenters. The average molecular weight is 677 g/mol. The Morgan fingerprint density at radius 3 is 1.06 bits per heavy atom. The Morgan fingerprint density at radius 1 is 0.551 bits per heavy atom. The third kappa shape index (κ3) is 11.0. The molecule has 0 amide bonds. The highest BCUT2D eigenvalue weighted by molar-refractivity contribution is 5.54. The summed E-state index contributed by atoms with van der Waals surface area (Å²) < 4.78 is 24.8. The standard InChI is InChI=1S/C45H72O4/c1-15-32(38-28-48-38)19-17-21-46-40-34(42(3,4)5)24-30(25-35(40)43(6,7)8)23-31-26-36(44(9,10)11)41(37(27-31)45(12,13)14)47-22-18-20-33(16-2)39-29-49-39/h24-27,32-33,38-39H,15-23,28-29H2,1-14H3. The van der Waals surface area contributed by atoms with Crippen LogP contribution in [0, 0.1) is 11.8 Å². The molecule has 0 spiro atoms. The molecule has 49 heavy (non-hydrogen) atoms. The van der Waals surface area contributed by atoms with Gasteiger partial charge in [0, 0.05) is 22.3 Å². The number of rotatable bonds is 16. The van der Waals surface area contributed by atoms with E-state index in [2.05, 4.69) is 121 Å². The lowest BCUT2D eigenvalue weighted by Gasteiger charge is -2.32. The van der Waals surface area contributed by atoms with Gasteiger partial charge < -0.3 is 18.9 Å². The molecule has 2 aliphatic heterocycles. The summed E-state index contributed by atoms with van der Waals surface area (Å²) in [6, 6.07) is 9.73. The van der Waals surface area contributed by atoms with E-state index in [4.69, 9.17) is 18.9 Å². The Morgan fingerprint density at radius 2 is 0.837 bits per heavy atom. The van der Waals surface area contributed by atoms with Crippen molar-refractivity contribution in [3.8, 4) is 11.5 Å². The lowest BCUT2D eigenvalue weighted by Crippen LogP contribution is -2.22. The topological polar surface area (TPSA) is 43.5 Å². The fourth-order valence-electron chi connectivity index (χ4n) is 7.36. The normalized spacial score (nSPS) is 19.5. The van der Waals surface area contributed by atoms with E-state index in [1.54, 1.807) is 0 Å². The monoisotopic (exact) mass is 677 g/mol. The van der Waals surface area contributed by atoms with E-state index in [1.807, 2.05) is 0 Å². The van der Waals surface area contributed by atoms with Gasteiger partial charge in [-0.15, -0.1) is 0 Å². The molecule has 0 aliphatic carbocycles. The summed E-state index contributed by atoms with van der Waals surface area (Å²) in [6.45, 7) is 35.8. The molecule has 2 saturated heterocycles. The number of hydrogen-bond acceptors (Lipinski definition) is 4. The van der Waals surface area contributed by atoms with Crippen LogP contribution in [0.4, 0.5) is 0 Å². The number of hydrogen-bond donors (Lipinski definition) is 0. The summed E-state index contributed by atoms with van der Waals surface area (Å²) in [4.78, 5) is 0. The first-order chi connectivity index (χ1) is 22.7. The van der Waals surface area contributed by atoms with Crippen molar-refractivity contribution in [3.63, 3.8) is 0 Å². The van der Waals surface area contributed by atoms with Crippen molar-refractivity contribution in [2.45, 2.75) is 176 Å². The molecule has 2 heterocycles. The SMILES string of the molecule is CCC(CCCOc1c(C(C)(C)C)cc(Cc2cc(C(C)(C)C)c(OCCCC(CC)C3CO3)c(C(C)(C)C)c2)cc1C(C)(C)C)C1CO1. The van der Waals surface area contributed by atoms with Crippen LogP contribution in [0.1, 0.15) is 169 Å². The van der Waals surface area contributed by atoms with Crippen LogP contribution in [0.15, 0.2) is 24.3 Å². The summed E-state index contributed by atoms with van der Waals surface area (Å²) in [5.74, 6) is 3.48. The minimum absolute atomic E-state index is 0.0492. The van der Waals surface area contributed by atoms with Crippen LogP contribution in [-0.2, 0) is 37.6 Å². The second-order valence-electron chi connectivity index (χ2n) is 19.3. The Balaban J connectivity index is 1.66. The van der Waals surface area contributed by atoms with Crippen molar-refractivity contribution in [3.05, 3.63) is 57.6 Å². The Bertz CT molecular complexity index is 1190. The first-order valence-electron chi connectivity index (χ1n) is 19.6. The number of ether oxygens (including phenoxy) is 4. The van der Waals surface area contributed by atoms with E-state index in [0.717, 1.165) is 70.0 Å². The van der Waals surface area contributed by atoms with Crippen molar-refractivity contribution in [2.75, 3.05) is 26.4 Å². The van der Waals surface area contributed by atoms with Crippen molar-refractivity contribution < 1.29 is 18.9 Å². The molecule has 2 fully saturated rings. The Kier molecular flexibility index (Phi) is 12.7. The Labute approximate surface area is 301 Å². The predicted octanol–water partition coefficient (Wildman–Crippen LogP) is 11.6. The molecular formula is C45H72O4. The van der Waals surface area contributed by atoms with Crippen LogP contribution < -0.4 is 9.47 Å². The third-order valence-electron chi connectivity index (χ3n) is 10.7. The first-order valence-corrected chi connectivity index (χ1v) is 19.6. The fourth-order valence-corrected chi connectivity index (χ4v) is 7.36. The van der Waals surface area contributed by atoms with E-state index in [0.29, 0.717) is 24.0 Å². The summed E-state index contributed by atoms with van der Waals surface area (Å²) >= 11 is 0. The lowest BCUT2D eigenvalue weighted by molar-refractivity contribution is 0.256. The van der Waals surface area contributed by atoms with E-state index in [-0.39, 0.29) is 21.7 Å². The summed E-state index contributed by atoms with van der Waals surface area (Å²) in [5, 5.41) is 0. The van der Waals surface area contributed by atoms with E-state index in [9.17, 15) is 0 Å². The van der Waals surface area contributed by atoms with Crippen molar-refractivity contribution in [1.29, 1.82) is 0 Å². The lowest BCUT2D eigenvalue weighted by atomic mass is 9.76. The molecule has 0 radical (unpaired) electrons. The average Bonchev–Trinajstić information content (AvgIpc) is 3.90. The number of benzene rings is 2. The molecular weight excluding hydrogens is 604 g/mol. The van der Waals surface area contributed by atoms with Gasteiger partial charge in [-0.3, -0.25) is 0 Å². The fraction of sp³-hybridized carbons (Fsp3) is 0.733. The summed E-state index contributed by atoms with van der Waals surface area (Å²) in [6.07, 6.45) is 8.61. The minimum atomic E-state index is -0.0492. The second-order valence-corrected chi connectivity index (χ2v) is 19.3. The molecule has 0 aromatic heterocycles. The van der Waals surface area contributed by atoms with E-state index in [1.165, 1.54) is 46.2 Å². The molecule has 0 N–H and O–H groups in total. The van der Waals surface area contributed by atoms with Gasteiger partial charge in [0.25, 0.3) is 0 Å². The van der Waals surface area contributed by atoms with Crippen LogP contribution in [0.3, 0.4) is 0 Å². The van der Waals surface area contributed by atoms with Gasteiger partial charge in [0.05, 0.1) is 38.6 Å². The highest BCUT2D eigenvalue weighted by Gasteiger charge is 2.33. The van der Waals surface area contributed by atoms with Gasteiger partial charge in [0.1, 0.15) is 11.5 Å². The maximum atomic E-state index is 6.79. The molecule has 2 aromatic carbocycles. The molecule has 0 saturated carbocycles. The van der Waals surface area contributed by atoms with Crippen molar-refractivity contribution in [1.82, 2.24) is 0 Å². The largest absolute Gasteiger partial charge is 0.493 e. The van der Waals surface area contributed by atoms with Gasteiger partial charge in [0.2, 0.25) is 0 Å². The van der Waals surface area contributed by atoms with Crippen LogP contribution in [0.25, 0.3) is 0 Å². The van der Waals surface area contributed by atoms with Crippen LogP contribution >= 0.6 is 0 Å². The van der Waals surface area contributed by atoms with Gasteiger partial charge in [-0.1, -0.05) is 134 Å². The van der Waals surface area contributed by atoms with Gasteiger partial charge in [-0.05, 0) is 76.7 Å². The zero-order valence-corrected chi connectivity index (χ0v) is 34.0. The van der Waals surface area contributed by atoms with Crippen LogP contribution in [0.2, 0.25) is 0 Å². The van der Waals surface area contributed by atoms with Crippen molar-refractivity contribution >= 4 is 0 Å². The zero-order chi connectivity index (χ0) is 36.4. The van der Waals surface area contributed by atoms with E-state index >= 15 is 0 Å². The zero-order valence-electron chi connectivity index (χ0n) is 34.0. The third-order valence-corrected chi connectivity index (χ3v) is 10.7. The maximum Gasteiger partial charge on any atom is 0.126 e. The van der Waals surface area contributed by atoms with Crippen molar-refractivity contribution in [2.24, 2.45) is 11.8 Å². The van der Waals surface area contributed by atoms with Gasteiger partial charge in [-0.2, -0.15) is 0 Å². The molecule has 276 valence electrons. The molecule has 4 rings (SSSR count).